The first-order valence-electron chi connectivity index (χ1n) is 7.89. The van der Waals surface area contributed by atoms with Crippen LogP contribution in [0.15, 0.2) is 18.3 Å². The maximum Gasteiger partial charge on any atom is 0.337 e. The van der Waals surface area contributed by atoms with Crippen LogP contribution in [-0.2, 0) is 6.42 Å². The van der Waals surface area contributed by atoms with Crippen molar-refractivity contribution in [2.75, 3.05) is 6.54 Å². The van der Waals surface area contributed by atoms with Gasteiger partial charge in [-0.2, -0.15) is 5.10 Å². The van der Waals surface area contributed by atoms with Crippen LogP contribution in [0.25, 0.3) is 5.65 Å². The van der Waals surface area contributed by atoms with Gasteiger partial charge in [0.25, 0.3) is 0 Å². The van der Waals surface area contributed by atoms with E-state index in [4.69, 9.17) is 5.11 Å². The van der Waals surface area contributed by atoms with Gasteiger partial charge in [-0.15, -0.1) is 0 Å². The van der Waals surface area contributed by atoms with Gasteiger partial charge in [-0.05, 0) is 45.4 Å². The lowest BCUT2D eigenvalue weighted by molar-refractivity contribution is 0.0696. The summed E-state index contributed by atoms with van der Waals surface area (Å²) in [6, 6.07) is 4.28. The lowest BCUT2D eigenvalue weighted by Crippen LogP contribution is -2.45. The predicted molar refractivity (Wildman–Crippen MR) is 83.1 cm³/mol. The van der Waals surface area contributed by atoms with Crippen molar-refractivity contribution in [2.24, 2.45) is 0 Å². The van der Waals surface area contributed by atoms with Gasteiger partial charge in [0.05, 0.1) is 5.56 Å². The Labute approximate surface area is 129 Å². The van der Waals surface area contributed by atoms with Crippen LogP contribution < -0.4 is 0 Å². The molecule has 1 unspecified atom stereocenters. The summed E-state index contributed by atoms with van der Waals surface area (Å²) in [4.78, 5) is 18.1. The molecule has 0 bridgehead atoms. The van der Waals surface area contributed by atoms with Crippen molar-refractivity contribution < 1.29 is 9.90 Å². The lowest BCUT2D eigenvalue weighted by Gasteiger charge is -2.38. The molecule has 1 saturated heterocycles. The molecule has 3 rings (SSSR count). The van der Waals surface area contributed by atoms with Crippen molar-refractivity contribution in [3.05, 3.63) is 29.7 Å². The highest BCUT2D eigenvalue weighted by Gasteiger charge is 2.25. The average molecular weight is 302 g/mol. The zero-order valence-electron chi connectivity index (χ0n) is 13.1. The van der Waals surface area contributed by atoms with E-state index in [-0.39, 0.29) is 5.56 Å². The van der Waals surface area contributed by atoms with Gasteiger partial charge < -0.3 is 5.11 Å². The number of likely N-dealkylation sites (tertiary alicyclic amines) is 1. The smallest absolute Gasteiger partial charge is 0.337 e. The molecule has 0 amide bonds. The number of pyridine rings is 1. The quantitative estimate of drug-likeness (QED) is 0.938. The van der Waals surface area contributed by atoms with Gasteiger partial charge in [0, 0.05) is 24.7 Å². The van der Waals surface area contributed by atoms with Crippen LogP contribution in [0.1, 0.15) is 49.3 Å². The maximum atomic E-state index is 11.0. The molecule has 2 aromatic rings. The van der Waals surface area contributed by atoms with Crippen molar-refractivity contribution in [3.8, 4) is 0 Å². The monoisotopic (exact) mass is 302 g/mol. The number of nitrogens with zero attached hydrogens (tertiary/aromatic N) is 4. The molecular formula is C16H22N4O2. The summed E-state index contributed by atoms with van der Waals surface area (Å²) in [6.45, 7) is 5.60. The molecule has 22 heavy (non-hydrogen) atoms. The van der Waals surface area contributed by atoms with Crippen LogP contribution in [-0.4, -0.2) is 49.2 Å². The first-order chi connectivity index (χ1) is 10.5. The zero-order chi connectivity index (χ0) is 15.7. The van der Waals surface area contributed by atoms with Crippen LogP contribution in [0.5, 0.6) is 0 Å². The third-order valence-corrected chi connectivity index (χ3v) is 4.38. The number of carboxylic acids is 1. The van der Waals surface area contributed by atoms with E-state index in [9.17, 15) is 4.79 Å². The highest BCUT2D eigenvalue weighted by Crippen LogP contribution is 2.22. The molecule has 1 N–H and O–H groups in total. The summed E-state index contributed by atoms with van der Waals surface area (Å²) < 4.78 is 1.57. The predicted octanol–water partition coefficient (Wildman–Crippen LogP) is 2.23. The molecule has 6 heteroatoms. The fourth-order valence-electron chi connectivity index (χ4n) is 3.27. The molecule has 0 spiro atoms. The lowest BCUT2D eigenvalue weighted by atomic mass is 9.97. The van der Waals surface area contributed by atoms with E-state index in [2.05, 4.69) is 28.8 Å². The Kier molecular flexibility index (Phi) is 4.11. The highest BCUT2D eigenvalue weighted by atomic mass is 16.4. The average Bonchev–Trinajstić information content (AvgIpc) is 2.88. The number of piperidine rings is 1. The Bertz CT molecular complexity index is 680. The fourth-order valence-corrected chi connectivity index (χ4v) is 3.27. The Morgan fingerprint density at radius 1 is 1.41 bits per heavy atom. The molecule has 118 valence electrons. The molecule has 1 aliphatic rings. The number of aromatic carboxylic acids is 1. The Morgan fingerprint density at radius 2 is 2.23 bits per heavy atom. The Hall–Kier alpha value is -1.95. The first-order valence-corrected chi connectivity index (χ1v) is 7.89. The minimum Gasteiger partial charge on any atom is -0.478 e. The van der Waals surface area contributed by atoms with E-state index in [0.29, 0.717) is 17.7 Å². The third kappa shape index (κ3) is 2.97. The van der Waals surface area contributed by atoms with Gasteiger partial charge in [-0.25, -0.2) is 14.3 Å². The van der Waals surface area contributed by atoms with Gasteiger partial charge in [-0.1, -0.05) is 6.42 Å². The van der Waals surface area contributed by atoms with Gasteiger partial charge in [0.2, 0.25) is 0 Å². The summed E-state index contributed by atoms with van der Waals surface area (Å²) in [5.41, 5.74) is 0.928. The van der Waals surface area contributed by atoms with Crippen LogP contribution >= 0.6 is 0 Å². The van der Waals surface area contributed by atoms with Gasteiger partial charge in [0.15, 0.2) is 11.5 Å². The summed E-state index contributed by atoms with van der Waals surface area (Å²) in [5, 5.41) is 13.5. The number of hydrogen-bond acceptors (Lipinski definition) is 4. The number of fused-ring (bicyclic) bond motifs is 1. The van der Waals surface area contributed by atoms with Crippen LogP contribution in [0.2, 0.25) is 0 Å². The number of carbonyl (C=O) groups is 1. The second kappa shape index (κ2) is 6.04. The standard InChI is InChI=1S/C16H22N4O2/c1-11(2)19-8-4-3-5-13(19)9-14-17-15-7-6-12(16(21)22)10-20(15)18-14/h6-7,10-11,13H,3-5,8-9H2,1-2H3,(H,21,22). The summed E-state index contributed by atoms with van der Waals surface area (Å²) in [6.07, 6.45) is 6.03. The SMILES string of the molecule is CC(C)N1CCCCC1Cc1nc2ccc(C(=O)O)cn2n1. The van der Waals surface area contributed by atoms with Crippen molar-refractivity contribution in [1.82, 2.24) is 19.5 Å². The minimum atomic E-state index is -0.947. The molecule has 1 aliphatic heterocycles. The minimum absolute atomic E-state index is 0.227. The van der Waals surface area contributed by atoms with E-state index in [0.717, 1.165) is 18.8 Å². The second-order valence-corrected chi connectivity index (χ2v) is 6.24. The summed E-state index contributed by atoms with van der Waals surface area (Å²) in [7, 11) is 0. The number of hydrogen-bond donors (Lipinski definition) is 1. The molecule has 1 fully saturated rings. The van der Waals surface area contributed by atoms with Crippen molar-refractivity contribution >= 4 is 11.6 Å². The van der Waals surface area contributed by atoms with Gasteiger partial charge in [0.1, 0.15) is 0 Å². The molecular weight excluding hydrogens is 280 g/mol. The van der Waals surface area contributed by atoms with E-state index < -0.39 is 5.97 Å². The molecule has 6 nitrogen and oxygen atoms in total. The Balaban J connectivity index is 1.82. The largest absolute Gasteiger partial charge is 0.478 e. The molecule has 2 aromatic heterocycles. The molecule has 0 aromatic carbocycles. The van der Waals surface area contributed by atoms with E-state index >= 15 is 0 Å². The normalized spacial score (nSPS) is 19.9. The second-order valence-electron chi connectivity index (χ2n) is 6.24. The number of aromatic nitrogens is 3. The molecule has 3 heterocycles. The van der Waals surface area contributed by atoms with Crippen LogP contribution in [0, 0.1) is 0 Å². The van der Waals surface area contributed by atoms with Crippen LogP contribution in [0.3, 0.4) is 0 Å². The Morgan fingerprint density at radius 3 is 2.95 bits per heavy atom. The summed E-state index contributed by atoms with van der Waals surface area (Å²) in [5.74, 6) is -0.155. The van der Waals surface area contributed by atoms with Crippen LogP contribution in [0.4, 0.5) is 0 Å². The number of carboxylic acid groups (broad SMARTS) is 1. The molecule has 1 atom stereocenters. The molecule has 0 aliphatic carbocycles. The molecule has 0 radical (unpaired) electrons. The van der Waals surface area contributed by atoms with Crippen molar-refractivity contribution in [2.45, 2.75) is 51.6 Å². The fraction of sp³-hybridized carbons (Fsp3) is 0.562. The van der Waals surface area contributed by atoms with Gasteiger partial charge >= 0.3 is 5.97 Å². The topological polar surface area (TPSA) is 70.7 Å². The summed E-state index contributed by atoms with van der Waals surface area (Å²) >= 11 is 0. The van der Waals surface area contributed by atoms with Gasteiger partial charge in [-0.3, -0.25) is 4.90 Å². The zero-order valence-corrected chi connectivity index (χ0v) is 13.1. The van der Waals surface area contributed by atoms with E-state index in [1.165, 1.54) is 25.5 Å². The van der Waals surface area contributed by atoms with Crippen molar-refractivity contribution in [3.63, 3.8) is 0 Å². The maximum absolute atomic E-state index is 11.0. The number of rotatable bonds is 4. The highest BCUT2D eigenvalue weighted by molar-refractivity contribution is 5.87. The van der Waals surface area contributed by atoms with E-state index in [1.54, 1.807) is 16.6 Å². The molecule has 0 saturated carbocycles. The van der Waals surface area contributed by atoms with E-state index in [1.807, 2.05) is 0 Å². The van der Waals surface area contributed by atoms with Crippen molar-refractivity contribution in [1.29, 1.82) is 0 Å². The third-order valence-electron chi connectivity index (χ3n) is 4.38. The first kappa shape index (κ1) is 15.0.